The Kier molecular flexibility index (Phi) is 5.86. The molecule has 0 aliphatic carbocycles. The highest BCUT2D eigenvalue weighted by Crippen LogP contribution is 2.43. The summed E-state index contributed by atoms with van der Waals surface area (Å²) < 4.78 is 5.50. The lowest BCUT2D eigenvalue weighted by molar-refractivity contribution is -0.117. The van der Waals surface area contributed by atoms with E-state index >= 15 is 0 Å². The standard InChI is InChI=1S/C22H25N3O3/c1-14-15(2)25(16(3)27)21-8-7-17(13-23)11-20(21)22(14)24-18-5-4-6-19(12-18)28-10-9-26/h4-8,11-12,14-15,22,24,26H,9-10H2,1-3H3/t14-,15-,22+/m0/s1. The lowest BCUT2D eigenvalue weighted by Gasteiger charge is -2.44. The third kappa shape index (κ3) is 3.80. The quantitative estimate of drug-likeness (QED) is 0.831. The molecule has 6 nitrogen and oxygen atoms in total. The summed E-state index contributed by atoms with van der Waals surface area (Å²) in [4.78, 5) is 14.1. The highest BCUT2D eigenvalue weighted by molar-refractivity contribution is 5.94. The Labute approximate surface area is 165 Å². The van der Waals surface area contributed by atoms with Gasteiger partial charge in [-0.1, -0.05) is 13.0 Å². The van der Waals surface area contributed by atoms with E-state index in [4.69, 9.17) is 9.84 Å². The van der Waals surface area contributed by atoms with Crippen LogP contribution in [0.2, 0.25) is 0 Å². The van der Waals surface area contributed by atoms with Gasteiger partial charge in [0.15, 0.2) is 0 Å². The molecule has 0 fully saturated rings. The first-order valence-electron chi connectivity index (χ1n) is 9.40. The van der Waals surface area contributed by atoms with E-state index in [0.29, 0.717) is 11.3 Å². The number of fused-ring (bicyclic) bond motifs is 1. The molecule has 0 unspecified atom stereocenters. The number of carbonyl (C=O) groups is 1. The van der Waals surface area contributed by atoms with Gasteiger partial charge in [-0.25, -0.2) is 0 Å². The highest BCUT2D eigenvalue weighted by Gasteiger charge is 2.38. The molecule has 2 aromatic rings. The molecule has 1 aliphatic rings. The number of rotatable bonds is 5. The zero-order valence-electron chi connectivity index (χ0n) is 16.3. The Hall–Kier alpha value is -3.04. The van der Waals surface area contributed by atoms with Gasteiger partial charge in [-0.05, 0) is 42.8 Å². The zero-order valence-corrected chi connectivity index (χ0v) is 16.3. The molecule has 0 radical (unpaired) electrons. The number of ether oxygens (including phenoxy) is 1. The van der Waals surface area contributed by atoms with Crippen molar-refractivity contribution in [1.82, 2.24) is 0 Å². The molecule has 0 bridgehead atoms. The van der Waals surface area contributed by atoms with Gasteiger partial charge in [0, 0.05) is 36.3 Å². The SMILES string of the molecule is CC(=O)N1c2ccc(C#N)cc2[C@H](Nc2cccc(OCCO)c2)[C@@H](C)[C@@H]1C. The molecule has 146 valence electrons. The van der Waals surface area contributed by atoms with Gasteiger partial charge < -0.3 is 20.1 Å². The molecule has 6 heteroatoms. The van der Waals surface area contributed by atoms with E-state index in [1.54, 1.807) is 17.9 Å². The van der Waals surface area contributed by atoms with Crippen LogP contribution in [0, 0.1) is 17.2 Å². The summed E-state index contributed by atoms with van der Waals surface area (Å²) >= 11 is 0. The van der Waals surface area contributed by atoms with Crippen molar-refractivity contribution in [3.8, 4) is 11.8 Å². The molecule has 0 saturated carbocycles. The summed E-state index contributed by atoms with van der Waals surface area (Å²) in [5.41, 5.74) is 3.21. The number of benzene rings is 2. The van der Waals surface area contributed by atoms with Gasteiger partial charge in [-0.15, -0.1) is 0 Å². The van der Waals surface area contributed by atoms with Crippen molar-refractivity contribution in [3.63, 3.8) is 0 Å². The minimum absolute atomic E-state index is 0.00394. The maximum Gasteiger partial charge on any atom is 0.224 e. The van der Waals surface area contributed by atoms with Crippen molar-refractivity contribution in [2.45, 2.75) is 32.9 Å². The van der Waals surface area contributed by atoms with Crippen molar-refractivity contribution < 1.29 is 14.6 Å². The van der Waals surface area contributed by atoms with Gasteiger partial charge in [0.05, 0.1) is 24.3 Å². The molecule has 0 spiro atoms. The maximum absolute atomic E-state index is 12.3. The molecule has 2 N–H and O–H groups in total. The Morgan fingerprint density at radius 1 is 1.29 bits per heavy atom. The minimum Gasteiger partial charge on any atom is -0.491 e. The Morgan fingerprint density at radius 3 is 2.75 bits per heavy atom. The monoisotopic (exact) mass is 379 g/mol. The smallest absolute Gasteiger partial charge is 0.224 e. The first-order valence-corrected chi connectivity index (χ1v) is 9.40. The van der Waals surface area contributed by atoms with Crippen molar-refractivity contribution >= 4 is 17.3 Å². The molecule has 3 atom stereocenters. The first-order chi connectivity index (χ1) is 13.5. The number of nitrogens with one attached hydrogen (secondary N) is 1. The fourth-order valence-corrected chi connectivity index (χ4v) is 3.79. The maximum atomic E-state index is 12.3. The van der Waals surface area contributed by atoms with E-state index < -0.39 is 0 Å². The number of hydrogen-bond donors (Lipinski definition) is 2. The molecule has 3 rings (SSSR count). The third-order valence-corrected chi connectivity index (χ3v) is 5.30. The van der Waals surface area contributed by atoms with E-state index in [2.05, 4.69) is 18.3 Å². The van der Waals surface area contributed by atoms with E-state index in [1.165, 1.54) is 0 Å². The molecule has 1 amide bonds. The van der Waals surface area contributed by atoms with Gasteiger partial charge >= 0.3 is 0 Å². The highest BCUT2D eigenvalue weighted by atomic mass is 16.5. The van der Waals surface area contributed by atoms with Gasteiger partial charge in [-0.2, -0.15) is 5.26 Å². The average molecular weight is 379 g/mol. The van der Waals surface area contributed by atoms with Crippen LogP contribution in [-0.4, -0.2) is 30.3 Å². The summed E-state index contributed by atoms with van der Waals surface area (Å²) in [6.07, 6.45) is 0. The van der Waals surface area contributed by atoms with Crippen molar-refractivity contribution in [1.29, 1.82) is 5.26 Å². The summed E-state index contributed by atoms with van der Waals surface area (Å²) in [7, 11) is 0. The molecule has 1 heterocycles. The number of nitrogens with zero attached hydrogens (tertiary/aromatic N) is 2. The van der Waals surface area contributed by atoms with Crippen LogP contribution >= 0.6 is 0 Å². The second-order valence-electron chi connectivity index (χ2n) is 7.10. The molecular formula is C22H25N3O3. The molecule has 28 heavy (non-hydrogen) atoms. The lowest BCUT2D eigenvalue weighted by atomic mass is 9.82. The normalized spacial score (nSPS) is 20.8. The Morgan fingerprint density at radius 2 is 2.07 bits per heavy atom. The number of nitriles is 1. The fraction of sp³-hybridized carbons (Fsp3) is 0.364. The second kappa shape index (κ2) is 8.32. The van der Waals surface area contributed by atoms with E-state index in [-0.39, 0.29) is 37.1 Å². The average Bonchev–Trinajstić information content (AvgIpc) is 2.69. The van der Waals surface area contributed by atoms with Crippen molar-refractivity contribution in [2.24, 2.45) is 5.92 Å². The van der Waals surface area contributed by atoms with Crippen LogP contribution in [0.25, 0.3) is 0 Å². The Bertz CT molecular complexity index is 906. The predicted molar refractivity (Wildman–Crippen MR) is 108 cm³/mol. The predicted octanol–water partition coefficient (Wildman–Crippen LogP) is 3.47. The van der Waals surface area contributed by atoms with Crippen LogP contribution in [-0.2, 0) is 4.79 Å². The molecule has 0 aromatic heterocycles. The number of aliphatic hydroxyl groups is 1. The number of amides is 1. The van der Waals surface area contributed by atoms with E-state index in [0.717, 1.165) is 16.9 Å². The largest absolute Gasteiger partial charge is 0.491 e. The molecule has 0 saturated heterocycles. The summed E-state index contributed by atoms with van der Waals surface area (Å²) in [6.45, 7) is 5.91. The van der Waals surface area contributed by atoms with Gasteiger partial charge in [0.2, 0.25) is 5.91 Å². The molecule has 2 aromatic carbocycles. The van der Waals surface area contributed by atoms with Crippen LogP contribution in [0.15, 0.2) is 42.5 Å². The van der Waals surface area contributed by atoms with Crippen molar-refractivity contribution in [2.75, 3.05) is 23.4 Å². The van der Waals surface area contributed by atoms with E-state index in [9.17, 15) is 10.1 Å². The molecule has 1 aliphatic heterocycles. The molecular weight excluding hydrogens is 354 g/mol. The Balaban J connectivity index is 2.00. The minimum atomic E-state index is -0.0676. The van der Waals surface area contributed by atoms with Gasteiger partial charge in [0.1, 0.15) is 12.4 Å². The fourth-order valence-electron chi connectivity index (χ4n) is 3.79. The number of hydrogen-bond acceptors (Lipinski definition) is 5. The van der Waals surface area contributed by atoms with Crippen LogP contribution in [0.1, 0.15) is 37.9 Å². The first kappa shape index (κ1) is 19.7. The number of carbonyl (C=O) groups excluding carboxylic acids is 1. The topological polar surface area (TPSA) is 85.6 Å². The second-order valence-corrected chi connectivity index (χ2v) is 7.10. The van der Waals surface area contributed by atoms with Crippen LogP contribution < -0.4 is 15.0 Å². The van der Waals surface area contributed by atoms with Crippen molar-refractivity contribution in [3.05, 3.63) is 53.6 Å². The third-order valence-electron chi connectivity index (χ3n) is 5.30. The van der Waals surface area contributed by atoms with Crippen LogP contribution in [0.3, 0.4) is 0 Å². The van der Waals surface area contributed by atoms with E-state index in [1.807, 2.05) is 43.3 Å². The summed E-state index contributed by atoms with van der Waals surface area (Å²) in [5.74, 6) is 0.780. The zero-order chi connectivity index (χ0) is 20.3. The number of aliphatic hydroxyl groups excluding tert-OH is 1. The van der Waals surface area contributed by atoms with Gasteiger partial charge in [-0.3, -0.25) is 4.79 Å². The van der Waals surface area contributed by atoms with Gasteiger partial charge in [0.25, 0.3) is 0 Å². The lowest BCUT2D eigenvalue weighted by Crippen LogP contribution is -2.48. The summed E-state index contributed by atoms with van der Waals surface area (Å²) in [6, 6.07) is 15.2. The summed E-state index contributed by atoms with van der Waals surface area (Å²) in [5, 5.41) is 21.8. The van der Waals surface area contributed by atoms with Crippen LogP contribution in [0.4, 0.5) is 11.4 Å². The number of anilines is 2. The van der Waals surface area contributed by atoms with Crippen LogP contribution in [0.5, 0.6) is 5.75 Å².